The second-order valence-corrected chi connectivity index (χ2v) is 11.0. The predicted octanol–water partition coefficient (Wildman–Crippen LogP) is 4.39. The lowest BCUT2D eigenvalue weighted by Gasteiger charge is -2.35. The summed E-state index contributed by atoms with van der Waals surface area (Å²) in [5.74, 6) is 0. The number of hydrogen-bond donors (Lipinski definition) is 1. The summed E-state index contributed by atoms with van der Waals surface area (Å²) >= 11 is 12.1. The van der Waals surface area contributed by atoms with E-state index in [1.807, 2.05) is 24.3 Å². The Morgan fingerprint density at radius 2 is 1.55 bits per heavy atom. The van der Waals surface area contributed by atoms with Crippen molar-refractivity contribution < 1.29 is 8.42 Å². The SMILES string of the molecule is CC(C)(C)NCc1ccc(S(=O)(=O)N2CCN(c3ccc(Cl)c(Cl)c3)CC2)cc1. The molecule has 1 aliphatic heterocycles. The van der Waals surface area contributed by atoms with Crippen LogP contribution >= 0.6 is 23.2 Å². The first-order valence-corrected chi connectivity index (χ1v) is 11.8. The third-order valence-corrected chi connectivity index (χ3v) is 7.54. The van der Waals surface area contributed by atoms with Crippen LogP contribution in [0.3, 0.4) is 0 Å². The molecule has 8 heteroatoms. The van der Waals surface area contributed by atoms with Gasteiger partial charge in [-0.05, 0) is 56.7 Å². The molecule has 0 bridgehead atoms. The molecule has 1 heterocycles. The molecule has 158 valence electrons. The van der Waals surface area contributed by atoms with Gasteiger partial charge in [0.2, 0.25) is 10.0 Å². The second kappa shape index (κ2) is 8.82. The van der Waals surface area contributed by atoms with E-state index in [0.29, 0.717) is 47.7 Å². The summed E-state index contributed by atoms with van der Waals surface area (Å²) in [7, 11) is -3.50. The van der Waals surface area contributed by atoms with E-state index < -0.39 is 10.0 Å². The zero-order valence-electron chi connectivity index (χ0n) is 17.0. The quantitative estimate of drug-likeness (QED) is 0.725. The lowest BCUT2D eigenvalue weighted by molar-refractivity contribution is 0.385. The summed E-state index contributed by atoms with van der Waals surface area (Å²) in [6, 6.07) is 12.6. The van der Waals surface area contributed by atoms with Gasteiger partial charge in [0.25, 0.3) is 0 Å². The molecule has 2 aromatic carbocycles. The van der Waals surface area contributed by atoms with Gasteiger partial charge in [0.05, 0.1) is 14.9 Å². The lowest BCUT2D eigenvalue weighted by Crippen LogP contribution is -2.48. The Morgan fingerprint density at radius 3 is 2.10 bits per heavy atom. The van der Waals surface area contributed by atoms with Gasteiger partial charge in [-0.15, -0.1) is 0 Å². The van der Waals surface area contributed by atoms with Crippen molar-refractivity contribution in [1.29, 1.82) is 0 Å². The highest BCUT2D eigenvalue weighted by Crippen LogP contribution is 2.28. The van der Waals surface area contributed by atoms with Crippen LogP contribution in [0.1, 0.15) is 26.3 Å². The van der Waals surface area contributed by atoms with Crippen molar-refractivity contribution in [2.24, 2.45) is 0 Å². The first-order valence-electron chi connectivity index (χ1n) is 9.60. The van der Waals surface area contributed by atoms with Crippen LogP contribution in [0.25, 0.3) is 0 Å². The van der Waals surface area contributed by atoms with E-state index in [1.54, 1.807) is 22.5 Å². The molecular weight excluding hydrogens is 429 g/mol. The smallest absolute Gasteiger partial charge is 0.243 e. The van der Waals surface area contributed by atoms with E-state index >= 15 is 0 Å². The maximum absolute atomic E-state index is 13.0. The van der Waals surface area contributed by atoms with Crippen LogP contribution < -0.4 is 10.2 Å². The molecule has 1 aliphatic rings. The molecule has 0 amide bonds. The normalized spacial score (nSPS) is 16.2. The fourth-order valence-electron chi connectivity index (χ4n) is 3.16. The number of sulfonamides is 1. The van der Waals surface area contributed by atoms with Gasteiger partial charge in [0.1, 0.15) is 0 Å². The lowest BCUT2D eigenvalue weighted by atomic mass is 10.1. The molecule has 0 spiro atoms. The van der Waals surface area contributed by atoms with Crippen LogP contribution in [0, 0.1) is 0 Å². The van der Waals surface area contributed by atoms with Gasteiger partial charge >= 0.3 is 0 Å². The average Bonchev–Trinajstić information content (AvgIpc) is 2.68. The van der Waals surface area contributed by atoms with Crippen molar-refractivity contribution in [3.63, 3.8) is 0 Å². The highest BCUT2D eigenvalue weighted by atomic mass is 35.5. The fraction of sp³-hybridized carbons (Fsp3) is 0.429. The number of piperazine rings is 1. The summed E-state index contributed by atoms with van der Waals surface area (Å²) in [4.78, 5) is 2.45. The standard InChI is InChI=1S/C21H27Cl2N3O2S/c1-21(2,3)24-15-16-4-7-18(8-5-16)29(27,28)26-12-10-25(11-13-26)17-6-9-19(22)20(23)14-17/h4-9,14,24H,10-13,15H2,1-3H3. The Morgan fingerprint density at radius 1 is 0.931 bits per heavy atom. The van der Waals surface area contributed by atoms with E-state index in [1.165, 1.54) is 0 Å². The number of anilines is 1. The number of benzene rings is 2. The summed E-state index contributed by atoms with van der Waals surface area (Å²) in [5.41, 5.74) is 2.02. The van der Waals surface area contributed by atoms with Crippen LogP contribution in [0.5, 0.6) is 0 Å². The molecule has 29 heavy (non-hydrogen) atoms. The van der Waals surface area contributed by atoms with E-state index in [9.17, 15) is 8.42 Å². The number of rotatable bonds is 5. The van der Waals surface area contributed by atoms with Gasteiger partial charge < -0.3 is 10.2 Å². The van der Waals surface area contributed by atoms with Crippen molar-refractivity contribution in [1.82, 2.24) is 9.62 Å². The summed E-state index contributed by atoms with van der Waals surface area (Å²) in [6.07, 6.45) is 0. The molecule has 0 aromatic heterocycles. The van der Waals surface area contributed by atoms with Crippen LogP contribution in [0.4, 0.5) is 5.69 Å². The second-order valence-electron chi connectivity index (χ2n) is 8.24. The third-order valence-electron chi connectivity index (χ3n) is 4.89. The molecule has 0 saturated carbocycles. The molecule has 0 aliphatic carbocycles. The van der Waals surface area contributed by atoms with Gasteiger partial charge in [0, 0.05) is 44.0 Å². The molecule has 0 atom stereocenters. The van der Waals surface area contributed by atoms with Crippen LogP contribution in [-0.2, 0) is 16.6 Å². The van der Waals surface area contributed by atoms with Gasteiger partial charge in [0.15, 0.2) is 0 Å². The molecule has 5 nitrogen and oxygen atoms in total. The van der Waals surface area contributed by atoms with Gasteiger partial charge in [-0.2, -0.15) is 4.31 Å². The zero-order valence-corrected chi connectivity index (χ0v) is 19.3. The average molecular weight is 456 g/mol. The molecule has 1 N–H and O–H groups in total. The van der Waals surface area contributed by atoms with E-state index in [-0.39, 0.29) is 5.54 Å². The number of nitrogens with one attached hydrogen (secondary N) is 1. The zero-order chi connectivity index (χ0) is 21.2. The Balaban J connectivity index is 1.64. The monoisotopic (exact) mass is 455 g/mol. The minimum atomic E-state index is -3.50. The van der Waals surface area contributed by atoms with Crippen molar-refractivity contribution in [3.8, 4) is 0 Å². The Bertz CT molecular complexity index is 949. The van der Waals surface area contributed by atoms with Crippen LogP contribution in [0.2, 0.25) is 10.0 Å². The maximum atomic E-state index is 13.0. The third kappa shape index (κ3) is 5.64. The van der Waals surface area contributed by atoms with Crippen molar-refractivity contribution >= 4 is 38.9 Å². The van der Waals surface area contributed by atoms with E-state index in [4.69, 9.17) is 23.2 Å². The van der Waals surface area contributed by atoms with Gasteiger partial charge in [-0.3, -0.25) is 0 Å². The van der Waals surface area contributed by atoms with Crippen molar-refractivity contribution in [2.75, 3.05) is 31.1 Å². The molecule has 2 aromatic rings. The number of hydrogen-bond acceptors (Lipinski definition) is 4. The van der Waals surface area contributed by atoms with Gasteiger partial charge in [-0.1, -0.05) is 35.3 Å². The number of nitrogens with zero attached hydrogens (tertiary/aromatic N) is 2. The fourth-order valence-corrected chi connectivity index (χ4v) is 4.88. The largest absolute Gasteiger partial charge is 0.369 e. The van der Waals surface area contributed by atoms with Crippen molar-refractivity contribution in [2.45, 2.75) is 37.8 Å². The summed E-state index contributed by atoms with van der Waals surface area (Å²) in [6.45, 7) is 9.06. The first-order chi connectivity index (χ1) is 13.6. The topological polar surface area (TPSA) is 52.7 Å². The number of halogens is 2. The highest BCUT2D eigenvalue weighted by molar-refractivity contribution is 7.89. The molecule has 0 radical (unpaired) electrons. The Kier molecular flexibility index (Phi) is 6.81. The summed E-state index contributed by atoms with van der Waals surface area (Å²) < 4.78 is 27.6. The van der Waals surface area contributed by atoms with E-state index in [0.717, 1.165) is 11.3 Å². The van der Waals surface area contributed by atoms with Crippen LogP contribution in [0.15, 0.2) is 47.4 Å². The van der Waals surface area contributed by atoms with Gasteiger partial charge in [-0.25, -0.2) is 8.42 Å². The minimum Gasteiger partial charge on any atom is -0.369 e. The Labute approximate surface area is 183 Å². The minimum absolute atomic E-state index is 0.0126. The predicted molar refractivity (Wildman–Crippen MR) is 120 cm³/mol. The molecule has 1 saturated heterocycles. The van der Waals surface area contributed by atoms with E-state index in [2.05, 4.69) is 31.0 Å². The maximum Gasteiger partial charge on any atom is 0.243 e. The first kappa shape index (κ1) is 22.4. The molecule has 3 rings (SSSR count). The molecular formula is C21H27Cl2N3O2S. The Hall–Kier alpha value is -1.31. The summed E-state index contributed by atoms with van der Waals surface area (Å²) in [5, 5.41) is 4.42. The van der Waals surface area contributed by atoms with Crippen LogP contribution in [-0.4, -0.2) is 44.4 Å². The molecule has 0 unspecified atom stereocenters. The molecule has 1 fully saturated rings. The van der Waals surface area contributed by atoms with Crippen molar-refractivity contribution in [3.05, 3.63) is 58.1 Å². The highest BCUT2D eigenvalue weighted by Gasteiger charge is 2.28.